The molecule has 0 aromatic heterocycles. The quantitative estimate of drug-likeness (QED) is 0.782. The Bertz CT molecular complexity index is 670. The molecule has 0 aliphatic rings. The Morgan fingerprint density at radius 3 is 2.58 bits per heavy atom. The lowest BCUT2D eigenvalue weighted by Crippen LogP contribution is -2.38. The third-order valence-electron chi connectivity index (χ3n) is 3.90. The molecule has 24 heavy (non-hydrogen) atoms. The van der Waals surface area contributed by atoms with Crippen molar-refractivity contribution in [3.63, 3.8) is 0 Å². The number of benzene rings is 2. The lowest BCUT2D eigenvalue weighted by Gasteiger charge is -2.15. The molecule has 0 radical (unpaired) electrons. The fourth-order valence-corrected chi connectivity index (χ4v) is 2.47. The molecule has 0 heterocycles. The number of amides is 1. The van der Waals surface area contributed by atoms with Crippen LogP contribution in [0.1, 0.15) is 35.3 Å². The maximum absolute atomic E-state index is 12.4. The van der Waals surface area contributed by atoms with E-state index >= 15 is 0 Å². The van der Waals surface area contributed by atoms with Gasteiger partial charge in [-0.15, -0.1) is 0 Å². The summed E-state index contributed by atoms with van der Waals surface area (Å²) in [5.74, 6) is 0.495. The number of carbonyl (C=O) groups excluding carboxylic acids is 1. The summed E-state index contributed by atoms with van der Waals surface area (Å²) in [7, 11) is 0. The van der Waals surface area contributed by atoms with Gasteiger partial charge in [-0.05, 0) is 43.7 Å². The second kappa shape index (κ2) is 9.08. The Hall–Kier alpha value is -2.33. The second-order valence-electron chi connectivity index (χ2n) is 5.88. The van der Waals surface area contributed by atoms with Crippen LogP contribution in [0.15, 0.2) is 48.5 Å². The molecule has 1 amide bonds. The summed E-state index contributed by atoms with van der Waals surface area (Å²) in [6.45, 7) is 8.06. The number of likely N-dealkylation sites (N-methyl/N-ethyl adjacent to an activating group) is 1. The van der Waals surface area contributed by atoms with Crippen LogP contribution in [0.2, 0.25) is 0 Å². The number of para-hydroxylation sites is 1. The molecule has 0 unspecified atom stereocenters. The van der Waals surface area contributed by atoms with E-state index in [-0.39, 0.29) is 11.9 Å². The molecule has 4 nitrogen and oxygen atoms in total. The smallest absolute Gasteiger partial charge is 0.255 e. The normalized spacial score (nSPS) is 11.8. The highest BCUT2D eigenvalue weighted by atomic mass is 16.5. The fraction of sp³-hybridized carbons (Fsp3) is 0.350. The molecule has 2 N–H and O–H groups in total. The number of hydrogen-bond acceptors (Lipinski definition) is 3. The molecule has 4 heteroatoms. The van der Waals surface area contributed by atoms with Gasteiger partial charge in [0, 0.05) is 12.6 Å². The minimum Gasteiger partial charge on any atom is -0.488 e. The maximum Gasteiger partial charge on any atom is 0.255 e. The zero-order chi connectivity index (χ0) is 17.4. The van der Waals surface area contributed by atoms with Crippen LogP contribution in [0.5, 0.6) is 5.75 Å². The third-order valence-corrected chi connectivity index (χ3v) is 3.90. The molecule has 2 aromatic rings. The first kappa shape index (κ1) is 18.0. The van der Waals surface area contributed by atoms with Crippen molar-refractivity contribution in [1.82, 2.24) is 10.6 Å². The molecule has 2 rings (SSSR count). The van der Waals surface area contributed by atoms with E-state index in [1.807, 2.05) is 50.2 Å². The van der Waals surface area contributed by atoms with Gasteiger partial charge in [0.25, 0.3) is 5.91 Å². The van der Waals surface area contributed by atoms with E-state index in [0.29, 0.717) is 24.5 Å². The molecular weight excluding hydrogens is 300 g/mol. The summed E-state index contributed by atoms with van der Waals surface area (Å²) in [5.41, 5.74) is 2.86. The van der Waals surface area contributed by atoms with Gasteiger partial charge < -0.3 is 15.4 Å². The topological polar surface area (TPSA) is 50.4 Å². The lowest BCUT2D eigenvalue weighted by atomic mass is 10.1. The number of ether oxygens (including phenoxy) is 1. The summed E-state index contributed by atoms with van der Waals surface area (Å²) in [6.07, 6.45) is 0. The van der Waals surface area contributed by atoms with Crippen molar-refractivity contribution in [2.75, 3.05) is 13.1 Å². The van der Waals surface area contributed by atoms with Crippen molar-refractivity contribution in [2.24, 2.45) is 0 Å². The molecule has 0 bridgehead atoms. The molecule has 1 atom stereocenters. The first-order valence-electron chi connectivity index (χ1n) is 8.39. The summed E-state index contributed by atoms with van der Waals surface area (Å²) in [4.78, 5) is 12.4. The van der Waals surface area contributed by atoms with E-state index < -0.39 is 0 Å². The summed E-state index contributed by atoms with van der Waals surface area (Å²) in [6, 6.07) is 15.7. The highest BCUT2D eigenvalue weighted by Gasteiger charge is 2.13. The molecule has 128 valence electrons. The summed E-state index contributed by atoms with van der Waals surface area (Å²) >= 11 is 0. The molecule has 2 aromatic carbocycles. The Balaban J connectivity index is 2.01. The molecule has 0 aliphatic heterocycles. The van der Waals surface area contributed by atoms with Gasteiger partial charge in [-0.2, -0.15) is 0 Å². The van der Waals surface area contributed by atoms with Crippen molar-refractivity contribution >= 4 is 5.91 Å². The maximum atomic E-state index is 12.4. The summed E-state index contributed by atoms with van der Waals surface area (Å²) < 4.78 is 5.90. The summed E-state index contributed by atoms with van der Waals surface area (Å²) in [5, 5.41) is 6.23. The Kier molecular flexibility index (Phi) is 6.82. The predicted molar refractivity (Wildman–Crippen MR) is 97.4 cm³/mol. The van der Waals surface area contributed by atoms with Gasteiger partial charge in [0.2, 0.25) is 0 Å². The van der Waals surface area contributed by atoms with Crippen molar-refractivity contribution in [2.45, 2.75) is 33.4 Å². The molecular formula is C20H26N2O2. The SMILES string of the molecule is CCN[C@H](C)CNC(=O)c1ccccc1OCc1ccccc1C. The van der Waals surface area contributed by atoms with Gasteiger partial charge in [-0.25, -0.2) is 0 Å². The average Bonchev–Trinajstić information content (AvgIpc) is 2.59. The zero-order valence-electron chi connectivity index (χ0n) is 14.6. The molecule has 0 saturated heterocycles. The van der Waals surface area contributed by atoms with E-state index in [9.17, 15) is 4.79 Å². The number of rotatable bonds is 8. The minimum absolute atomic E-state index is 0.111. The molecule has 0 fully saturated rings. The van der Waals surface area contributed by atoms with Gasteiger partial charge in [0.05, 0.1) is 5.56 Å². The lowest BCUT2D eigenvalue weighted by molar-refractivity contribution is 0.0945. The van der Waals surface area contributed by atoms with Crippen molar-refractivity contribution < 1.29 is 9.53 Å². The van der Waals surface area contributed by atoms with Gasteiger partial charge in [0.1, 0.15) is 12.4 Å². The zero-order valence-corrected chi connectivity index (χ0v) is 14.6. The number of carbonyl (C=O) groups is 1. The van der Waals surface area contributed by atoms with Crippen LogP contribution in [-0.4, -0.2) is 25.0 Å². The van der Waals surface area contributed by atoms with Crippen molar-refractivity contribution in [3.8, 4) is 5.75 Å². The van der Waals surface area contributed by atoms with E-state index in [2.05, 4.69) is 23.6 Å². The highest BCUT2D eigenvalue weighted by molar-refractivity contribution is 5.96. The van der Waals surface area contributed by atoms with E-state index in [1.54, 1.807) is 6.07 Å². The molecule has 0 spiro atoms. The van der Waals surface area contributed by atoms with Crippen LogP contribution in [0.25, 0.3) is 0 Å². The van der Waals surface area contributed by atoms with Crippen molar-refractivity contribution in [3.05, 3.63) is 65.2 Å². The first-order chi connectivity index (χ1) is 11.6. The van der Waals surface area contributed by atoms with Gasteiger partial charge in [0.15, 0.2) is 0 Å². The number of hydrogen-bond donors (Lipinski definition) is 2. The molecule has 0 saturated carbocycles. The number of nitrogens with one attached hydrogen (secondary N) is 2. The third kappa shape index (κ3) is 5.10. The van der Waals surface area contributed by atoms with Crippen molar-refractivity contribution in [1.29, 1.82) is 0 Å². The van der Waals surface area contributed by atoms with E-state index in [4.69, 9.17) is 4.74 Å². The van der Waals surface area contributed by atoms with Crippen LogP contribution in [-0.2, 0) is 6.61 Å². The van der Waals surface area contributed by atoms with Crippen LogP contribution < -0.4 is 15.4 Å². The molecule has 0 aliphatic carbocycles. The Morgan fingerprint density at radius 1 is 1.12 bits per heavy atom. The average molecular weight is 326 g/mol. The second-order valence-corrected chi connectivity index (χ2v) is 5.88. The van der Waals surface area contributed by atoms with Gasteiger partial charge in [-0.3, -0.25) is 4.79 Å². The van der Waals surface area contributed by atoms with E-state index in [0.717, 1.165) is 12.1 Å². The standard InChI is InChI=1S/C20H26N2O2/c1-4-21-16(3)13-22-20(23)18-11-7-8-12-19(18)24-14-17-10-6-5-9-15(17)2/h5-12,16,21H,4,13-14H2,1-3H3,(H,22,23)/t16-/m1/s1. The van der Waals surface area contributed by atoms with Crippen LogP contribution in [0.4, 0.5) is 0 Å². The predicted octanol–water partition coefficient (Wildman–Crippen LogP) is 3.30. The fourth-order valence-electron chi connectivity index (χ4n) is 2.47. The monoisotopic (exact) mass is 326 g/mol. The highest BCUT2D eigenvalue weighted by Crippen LogP contribution is 2.20. The first-order valence-corrected chi connectivity index (χ1v) is 8.39. The Morgan fingerprint density at radius 2 is 1.83 bits per heavy atom. The minimum atomic E-state index is -0.111. The number of aryl methyl sites for hydroxylation is 1. The van der Waals surface area contributed by atoms with Crippen LogP contribution in [0.3, 0.4) is 0 Å². The van der Waals surface area contributed by atoms with E-state index in [1.165, 1.54) is 5.56 Å². The van der Waals surface area contributed by atoms with Crippen LogP contribution in [0, 0.1) is 6.92 Å². The van der Waals surface area contributed by atoms with Crippen LogP contribution >= 0.6 is 0 Å². The van der Waals surface area contributed by atoms with Gasteiger partial charge >= 0.3 is 0 Å². The largest absolute Gasteiger partial charge is 0.488 e. The Labute approximate surface area is 144 Å². The van der Waals surface area contributed by atoms with Gasteiger partial charge in [-0.1, -0.05) is 43.3 Å².